The summed E-state index contributed by atoms with van der Waals surface area (Å²) in [7, 11) is 0. The second kappa shape index (κ2) is 7.15. The van der Waals surface area contributed by atoms with Gasteiger partial charge in [0.25, 0.3) is 11.6 Å². The molecule has 0 saturated carbocycles. The minimum absolute atomic E-state index is 0.0233. The number of amides is 1. The highest BCUT2D eigenvalue weighted by Crippen LogP contribution is 2.27. The highest BCUT2D eigenvalue weighted by Gasteiger charge is 2.14. The molecule has 5 nitrogen and oxygen atoms in total. The van der Waals surface area contributed by atoms with Gasteiger partial charge < -0.3 is 5.32 Å². The van der Waals surface area contributed by atoms with Gasteiger partial charge in [0, 0.05) is 17.3 Å². The Bertz CT molecular complexity index is 925. The van der Waals surface area contributed by atoms with E-state index in [-0.39, 0.29) is 16.6 Å². The molecule has 25 heavy (non-hydrogen) atoms. The number of nitrogens with zero attached hydrogens (tertiary/aromatic N) is 1. The Labute approximate surface area is 149 Å². The predicted octanol–water partition coefficient (Wildman–Crippen LogP) is 5.17. The van der Waals surface area contributed by atoms with Crippen LogP contribution in [0.1, 0.15) is 10.4 Å². The minimum atomic E-state index is -0.591. The van der Waals surface area contributed by atoms with Crippen LogP contribution >= 0.6 is 11.6 Å². The number of nitrogens with one attached hydrogen (secondary N) is 1. The van der Waals surface area contributed by atoms with Crippen molar-refractivity contribution in [2.45, 2.75) is 0 Å². The molecular weight excluding hydrogens is 340 g/mol. The maximum Gasteiger partial charge on any atom is 0.289 e. The first kappa shape index (κ1) is 16.7. The summed E-state index contributed by atoms with van der Waals surface area (Å²) < 4.78 is 0. The molecule has 124 valence electrons. The van der Waals surface area contributed by atoms with Crippen molar-refractivity contribution in [2.75, 3.05) is 5.32 Å². The van der Waals surface area contributed by atoms with Crippen molar-refractivity contribution >= 4 is 28.9 Å². The van der Waals surface area contributed by atoms with Crippen molar-refractivity contribution in [2.24, 2.45) is 0 Å². The van der Waals surface area contributed by atoms with Gasteiger partial charge in [-0.2, -0.15) is 0 Å². The number of hydrogen-bond donors (Lipinski definition) is 1. The second-order valence-corrected chi connectivity index (χ2v) is 5.73. The van der Waals surface area contributed by atoms with E-state index in [2.05, 4.69) is 5.32 Å². The summed E-state index contributed by atoms with van der Waals surface area (Å²) in [5.41, 5.74) is 2.58. The SMILES string of the molecule is O=C(Nc1ccc(Cl)c([N+](=O)[O-])c1)c1ccc(-c2ccccc2)cc1. The van der Waals surface area contributed by atoms with Gasteiger partial charge in [-0.15, -0.1) is 0 Å². The molecule has 3 aromatic rings. The zero-order valence-electron chi connectivity index (χ0n) is 13.0. The Balaban J connectivity index is 1.78. The Morgan fingerprint density at radius 3 is 2.20 bits per heavy atom. The molecule has 0 aromatic heterocycles. The third-order valence-electron chi connectivity index (χ3n) is 3.65. The van der Waals surface area contributed by atoms with E-state index in [4.69, 9.17) is 11.6 Å². The molecule has 1 N–H and O–H groups in total. The molecule has 0 fully saturated rings. The van der Waals surface area contributed by atoms with Crippen molar-refractivity contribution in [3.05, 3.63) is 93.5 Å². The minimum Gasteiger partial charge on any atom is -0.322 e. The van der Waals surface area contributed by atoms with Crippen LogP contribution in [-0.4, -0.2) is 10.8 Å². The van der Waals surface area contributed by atoms with E-state index < -0.39 is 4.92 Å². The van der Waals surface area contributed by atoms with E-state index in [1.54, 1.807) is 12.1 Å². The first-order valence-electron chi connectivity index (χ1n) is 7.45. The third kappa shape index (κ3) is 3.84. The average Bonchev–Trinajstić information content (AvgIpc) is 2.64. The number of benzene rings is 3. The van der Waals surface area contributed by atoms with Crippen LogP contribution in [0, 0.1) is 10.1 Å². The topological polar surface area (TPSA) is 72.2 Å². The lowest BCUT2D eigenvalue weighted by Crippen LogP contribution is -2.11. The molecule has 0 saturated heterocycles. The number of hydrogen-bond acceptors (Lipinski definition) is 3. The monoisotopic (exact) mass is 352 g/mol. The summed E-state index contributed by atoms with van der Waals surface area (Å²) in [6.07, 6.45) is 0. The van der Waals surface area contributed by atoms with Gasteiger partial charge in [-0.3, -0.25) is 14.9 Å². The van der Waals surface area contributed by atoms with E-state index in [0.717, 1.165) is 11.1 Å². The molecule has 0 unspecified atom stereocenters. The van der Waals surface area contributed by atoms with Crippen LogP contribution in [0.5, 0.6) is 0 Å². The fourth-order valence-corrected chi connectivity index (χ4v) is 2.56. The van der Waals surface area contributed by atoms with E-state index >= 15 is 0 Å². The first-order valence-corrected chi connectivity index (χ1v) is 7.83. The number of carbonyl (C=O) groups is 1. The fraction of sp³-hybridized carbons (Fsp3) is 0. The number of rotatable bonds is 4. The van der Waals surface area contributed by atoms with Crippen LogP contribution in [0.3, 0.4) is 0 Å². The van der Waals surface area contributed by atoms with Crippen molar-refractivity contribution in [3.63, 3.8) is 0 Å². The normalized spacial score (nSPS) is 10.3. The van der Waals surface area contributed by atoms with Crippen LogP contribution in [0.2, 0.25) is 5.02 Å². The number of carbonyl (C=O) groups excluding carboxylic acids is 1. The van der Waals surface area contributed by atoms with Crippen LogP contribution in [-0.2, 0) is 0 Å². The molecule has 3 aromatic carbocycles. The molecular formula is C19H13ClN2O3. The zero-order valence-corrected chi connectivity index (χ0v) is 13.7. The number of nitro benzene ring substituents is 1. The lowest BCUT2D eigenvalue weighted by atomic mass is 10.0. The molecule has 1 amide bonds. The molecule has 3 rings (SSSR count). The van der Waals surface area contributed by atoms with E-state index in [1.165, 1.54) is 18.2 Å². The molecule has 6 heteroatoms. The molecule has 0 aliphatic carbocycles. The highest BCUT2D eigenvalue weighted by atomic mass is 35.5. The predicted molar refractivity (Wildman–Crippen MR) is 97.9 cm³/mol. The smallest absolute Gasteiger partial charge is 0.289 e. The van der Waals surface area contributed by atoms with Gasteiger partial charge in [0.15, 0.2) is 0 Å². The van der Waals surface area contributed by atoms with E-state index in [1.807, 2.05) is 42.5 Å². The summed E-state index contributed by atoms with van der Waals surface area (Å²) in [6, 6.07) is 21.1. The largest absolute Gasteiger partial charge is 0.322 e. The van der Waals surface area contributed by atoms with Gasteiger partial charge in [-0.25, -0.2) is 0 Å². The Morgan fingerprint density at radius 1 is 0.920 bits per heavy atom. The zero-order chi connectivity index (χ0) is 17.8. The van der Waals surface area contributed by atoms with Gasteiger partial charge in [-0.1, -0.05) is 54.1 Å². The Morgan fingerprint density at radius 2 is 1.56 bits per heavy atom. The third-order valence-corrected chi connectivity index (χ3v) is 3.97. The Hall–Kier alpha value is -3.18. The summed E-state index contributed by atoms with van der Waals surface area (Å²) in [4.78, 5) is 22.6. The van der Waals surface area contributed by atoms with E-state index in [0.29, 0.717) is 11.3 Å². The fourth-order valence-electron chi connectivity index (χ4n) is 2.38. The summed E-state index contributed by atoms with van der Waals surface area (Å²) in [6.45, 7) is 0. The second-order valence-electron chi connectivity index (χ2n) is 5.32. The quantitative estimate of drug-likeness (QED) is 0.520. The van der Waals surface area contributed by atoms with Gasteiger partial charge in [-0.05, 0) is 35.4 Å². The van der Waals surface area contributed by atoms with Crippen LogP contribution in [0.4, 0.5) is 11.4 Å². The van der Waals surface area contributed by atoms with Gasteiger partial charge >= 0.3 is 0 Å². The van der Waals surface area contributed by atoms with Crippen LogP contribution in [0.25, 0.3) is 11.1 Å². The maximum absolute atomic E-state index is 12.3. The molecule has 0 atom stereocenters. The summed E-state index contributed by atoms with van der Waals surface area (Å²) in [5.74, 6) is -0.351. The van der Waals surface area contributed by atoms with Crippen LogP contribution in [0.15, 0.2) is 72.8 Å². The standard InChI is InChI=1S/C19H13ClN2O3/c20-17-11-10-16(12-18(17)22(24)25)21-19(23)15-8-6-14(7-9-15)13-4-2-1-3-5-13/h1-12H,(H,21,23). The summed E-state index contributed by atoms with van der Waals surface area (Å²) in [5, 5.41) is 13.6. The number of halogens is 1. The molecule has 0 radical (unpaired) electrons. The van der Waals surface area contributed by atoms with Crippen molar-refractivity contribution in [1.29, 1.82) is 0 Å². The number of anilines is 1. The lowest BCUT2D eigenvalue weighted by molar-refractivity contribution is -0.384. The van der Waals surface area contributed by atoms with Crippen molar-refractivity contribution in [3.8, 4) is 11.1 Å². The van der Waals surface area contributed by atoms with Gasteiger partial charge in [0.05, 0.1) is 4.92 Å². The first-order chi connectivity index (χ1) is 12.0. The van der Waals surface area contributed by atoms with Gasteiger partial charge in [0.1, 0.15) is 5.02 Å². The Kier molecular flexibility index (Phi) is 4.77. The number of nitro groups is 1. The summed E-state index contributed by atoms with van der Waals surface area (Å²) >= 11 is 5.77. The van der Waals surface area contributed by atoms with Crippen molar-refractivity contribution < 1.29 is 9.72 Å². The maximum atomic E-state index is 12.3. The van der Waals surface area contributed by atoms with Crippen molar-refractivity contribution in [1.82, 2.24) is 0 Å². The molecule has 0 bridgehead atoms. The molecule has 0 aliphatic rings. The molecule has 0 spiro atoms. The highest BCUT2D eigenvalue weighted by molar-refractivity contribution is 6.32. The lowest BCUT2D eigenvalue weighted by Gasteiger charge is -2.07. The van der Waals surface area contributed by atoms with E-state index in [9.17, 15) is 14.9 Å². The average molecular weight is 353 g/mol. The molecule has 0 aliphatic heterocycles. The molecule has 0 heterocycles. The van der Waals surface area contributed by atoms with Crippen LogP contribution < -0.4 is 5.32 Å². The van der Waals surface area contributed by atoms with Gasteiger partial charge in [0.2, 0.25) is 0 Å².